The van der Waals surface area contributed by atoms with Crippen LogP contribution >= 0.6 is 32.1 Å². The Bertz CT molecular complexity index is 1190. The van der Waals surface area contributed by atoms with Crippen LogP contribution in [-0.4, -0.2) is 5.71 Å². The normalized spacial score (nSPS) is 16.0. The molecule has 1 heterocycles. The molecule has 0 radical (unpaired) electrons. The summed E-state index contributed by atoms with van der Waals surface area (Å²) in [7, 11) is 0. The summed E-state index contributed by atoms with van der Waals surface area (Å²) in [5.74, 6) is 0. The van der Waals surface area contributed by atoms with Crippen LogP contribution in [0.1, 0.15) is 17.2 Å². The van der Waals surface area contributed by atoms with Crippen LogP contribution in [0.3, 0.4) is 0 Å². The van der Waals surface area contributed by atoms with Crippen molar-refractivity contribution >= 4 is 59.9 Å². The van der Waals surface area contributed by atoms with Crippen LogP contribution in [-0.2, 0) is 0 Å². The van der Waals surface area contributed by atoms with E-state index in [1.807, 2.05) is 12.1 Å². The first-order valence-electron chi connectivity index (χ1n) is 9.08. The molecule has 1 aliphatic heterocycles. The molecule has 2 nitrogen and oxygen atoms in total. The lowest BCUT2D eigenvalue weighted by Gasteiger charge is -2.34. The molecular weight excluding hydrogens is 476 g/mol. The van der Waals surface area contributed by atoms with Crippen LogP contribution in [0.25, 0.3) is 10.8 Å². The lowest BCUT2D eigenvalue weighted by molar-refractivity contribution is 0.951. The summed E-state index contributed by atoms with van der Waals surface area (Å²) in [4.78, 5) is 5.14. The van der Waals surface area contributed by atoms with Crippen molar-refractivity contribution in [3.63, 3.8) is 0 Å². The summed E-state index contributed by atoms with van der Waals surface area (Å²) in [5.41, 5.74) is 5.38. The van der Waals surface area contributed by atoms with Gasteiger partial charge in [-0.25, -0.2) is 4.99 Å². The quantitative estimate of drug-likeness (QED) is 0.263. The number of halogens is 2. The van der Waals surface area contributed by atoms with Gasteiger partial charge in [-0.15, -0.1) is 0 Å². The predicted octanol–water partition coefficient (Wildman–Crippen LogP) is 7.59. The maximum Gasteiger partial charge on any atom is 0.108 e. The fourth-order valence-corrected chi connectivity index (χ4v) is 4.93. The second kappa shape index (κ2) is 7.19. The Morgan fingerprint density at radius 1 is 0.786 bits per heavy atom. The van der Waals surface area contributed by atoms with Gasteiger partial charge in [-0.1, -0.05) is 88.7 Å². The molecule has 1 unspecified atom stereocenters. The molecule has 28 heavy (non-hydrogen) atoms. The monoisotopic (exact) mass is 490 g/mol. The van der Waals surface area contributed by atoms with Crippen LogP contribution in [0.4, 0.5) is 11.4 Å². The lowest BCUT2D eigenvalue weighted by Crippen LogP contribution is -2.30. The fraction of sp³-hybridized carbons (Fsp3) is 0.0417. The molecule has 5 rings (SSSR count). The SMILES string of the molecule is Brc1cccc2cc3c(cc12)N=C(c1ccccc1)C(c1ccccc1)N3Br. The van der Waals surface area contributed by atoms with Crippen molar-refractivity contribution in [1.29, 1.82) is 0 Å². The highest BCUT2D eigenvalue weighted by molar-refractivity contribution is 9.10. The van der Waals surface area contributed by atoms with E-state index in [4.69, 9.17) is 4.99 Å². The van der Waals surface area contributed by atoms with Gasteiger partial charge in [-0.3, -0.25) is 3.93 Å². The molecule has 4 aromatic carbocycles. The minimum absolute atomic E-state index is 0.0132. The third-order valence-electron chi connectivity index (χ3n) is 5.06. The van der Waals surface area contributed by atoms with Crippen LogP contribution in [0.2, 0.25) is 0 Å². The van der Waals surface area contributed by atoms with E-state index in [0.717, 1.165) is 32.5 Å². The van der Waals surface area contributed by atoms with Gasteiger partial charge in [0, 0.05) is 4.47 Å². The molecule has 0 bridgehead atoms. The zero-order valence-corrected chi connectivity index (χ0v) is 18.1. The van der Waals surface area contributed by atoms with Crippen LogP contribution in [0.15, 0.2) is 100 Å². The van der Waals surface area contributed by atoms with Crippen molar-refractivity contribution in [3.05, 3.63) is 107 Å². The average Bonchev–Trinajstić information content (AvgIpc) is 2.74. The zero-order chi connectivity index (χ0) is 19.1. The Morgan fingerprint density at radius 3 is 2.25 bits per heavy atom. The van der Waals surface area contributed by atoms with Crippen molar-refractivity contribution in [3.8, 4) is 0 Å². The van der Waals surface area contributed by atoms with Gasteiger partial charge in [-0.2, -0.15) is 0 Å². The molecule has 1 atom stereocenters. The standard InChI is InChI=1S/C24H16Br2N2/c25-20-13-7-12-18-14-22-21(15-19(18)20)27-23(16-8-3-1-4-9-16)24(28(22)26)17-10-5-2-6-11-17/h1-15,24H. The molecular formula is C24H16Br2N2. The van der Waals surface area contributed by atoms with Gasteiger partial charge in [0.2, 0.25) is 0 Å². The van der Waals surface area contributed by atoms with Gasteiger partial charge in [0.15, 0.2) is 0 Å². The van der Waals surface area contributed by atoms with Crippen molar-refractivity contribution in [1.82, 2.24) is 0 Å². The molecule has 0 saturated heterocycles. The first kappa shape index (κ1) is 17.7. The predicted molar refractivity (Wildman–Crippen MR) is 125 cm³/mol. The van der Waals surface area contributed by atoms with Gasteiger partial charge >= 0.3 is 0 Å². The van der Waals surface area contributed by atoms with E-state index >= 15 is 0 Å². The Morgan fingerprint density at radius 2 is 1.50 bits per heavy atom. The first-order chi connectivity index (χ1) is 13.7. The number of benzene rings is 4. The highest BCUT2D eigenvalue weighted by atomic mass is 79.9. The number of aliphatic imine (C=N–C) groups is 1. The molecule has 0 aromatic heterocycles. The van der Waals surface area contributed by atoms with E-state index in [0.29, 0.717) is 0 Å². The van der Waals surface area contributed by atoms with Crippen molar-refractivity contribution in [2.45, 2.75) is 6.04 Å². The number of nitrogens with zero attached hydrogens (tertiary/aromatic N) is 2. The zero-order valence-electron chi connectivity index (χ0n) is 14.9. The molecule has 0 saturated carbocycles. The largest absolute Gasteiger partial charge is 0.293 e. The van der Waals surface area contributed by atoms with Crippen LogP contribution in [0, 0.1) is 0 Å². The first-order valence-corrected chi connectivity index (χ1v) is 10.6. The summed E-state index contributed by atoms with van der Waals surface area (Å²) in [6, 6.07) is 31.5. The summed E-state index contributed by atoms with van der Waals surface area (Å²) >= 11 is 7.55. The molecule has 4 heteroatoms. The number of hydrogen-bond acceptors (Lipinski definition) is 2. The molecule has 4 aromatic rings. The van der Waals surface area contributed by atoms with E-state index in [-0.39, 0.29) is 6.04 Å². The van der Waals surface area contributed by atoms with Crippen LogP contribution < -0.4 is 3.93 Å². The molecule has 0 N–H and O–H groups in total. The highest BCUT2D eigenvalue weighted by Crippen LogP contribution is 2.46. The Balaban J connectivity index is 1.78. The minimum Gasteiger partial charge on any atom is -0.293 e. The summed E-state index contributed by atoms with van der Waals surface area (Å²) in [5, 5.41) is 2.35. The second-order valence-electron chi connectivity index (χ2n) is 6.79. The lowest BCUT2D eigenvalue weighted by atomic mass is 9.93. The van der Waals surface area contributed by atoms with Gasteiger partial charge in [0.05, 0.1) is 33.2 Å². The molecule has 136 valence electrons. The number of rotatable bonds is 2. The Labute approximate surface area is 181 Å². The molecule has 1 aliphatic rings. The average molecular weight is 492 g/mol. The van der Waals surface area contributed by atoms with E-state index in [1.165, 1.54) is 10.9 Å². The third-order valence-corrected chi connectivity index (χ3v) is 6.55. The number of hydrogen-bond donors (Lipinski definition) is 0. The van der Waals surface area contributed by atoms with E-state index in [9.17, 15) is 0 Å². The molecule has 0 aliphatic carbocycles. The summed E-state index contributed by atoms with van der Waals surface area (Å²) in [6.45, 7) is 0. The third kappa shape index (κ3) is 2.97. The molecule has 0 amide bonds. The maximum atomic E-state index is 5.14. The van der Waals surface area contributed by atoms with Crippen molar-refractivity contribution in [2.75, 3.05) is 3.93 Å². The summed E-state index contributed by atoms with van der Waals surface area (Å²) in [6.07, 6.45) is 0. The number of fused-ring (bicyclic) bond motifs is 2. The maximum absolute atomic E-state index is 5.14. The van der Waals surface area contributed by atoms with Gasteiger partial charge < -0.3 is 0 Å². The topological polar surface area (TPSA) is 15.6 Å². The number of anilines is 1. The highest BCUT2D eigenvalue weighted by Gasteiger charge is 2.31. The van der Waals surface area contributed by atoms with Gasteiger partial charge in [-0.05, 0) is 40.1 Å². The summed E-state index contributed by atoms with van der Waals surface area (Å²) < 4.78 is 3.24. The Kier molecular flexibility index (Phi) is 4.53. The molecule has 0 spiro atoms. The van der Waals surface area contributed by atoms with E-state index in [1.54, 1.807) is 0 Å². The van der Waals surface area contributed by atoms with E-state index < -0.39 is 0 Å². The second-order valence-corrected chi connectivity index (χ2v) is 8.41. The Hall–Kier alpha value is -2.43. The minimum atomic E-state index is -0.0132. The van der Waals surface area contributed by atoms with E-state index in [2.05, 4.69) is 115 Å². The van der Waals surface area contributed by atoms with Crippen molar-refractivity contribution < 1.29 is 0 Å². The van der Waals surface area contributed by atoms with Crippen molar-refractivity contribution in [2.24, 2.45) is 4.99 Å². The molecule has 0 fully saturated rings. The van der Waals surface area contributed by atoms with Gasteiger partial charge in [0.25, 0.3) is 0 Å². The fourth-order valence-electron chi connectivity index (χ4n) is 3.72. The smallest absolute Gasteiger partial charge is 0.108 e. The van der Waals surface area contributed by atoms with Gasteiger partial charge in [0.1, 0.15) is 6.04 Å². The van der Waals surface area contributed by atoms with Crippen LogP contribution in [0.5, 0.6) is 0 Å².